The van der Waals surface area contributed by atoms with E-state index >= 15 is 0 Å². The number of aliphatic hydroxyl groups excluding tert-OH is 2. The summed E-state index contributed by atoms with van der Waals surface area (Å²) in [7, 11) is -2.03. The van der Waals surface area contributed by atoms with Gasteiger partial charge in [0.05, 0.1) is 24.4 Å². The van der Waals surface area contributed by atoms with Gasteiger partial charge < -0.3 is 29.2 Å². The van der Waals surface area contributed by atoms with Crippen LogP contribution in [0.5, 0.6) is 0 Å². The van der Waals surface area contributed by atoms with E-state index in [0.29, 0.717) is 13.6 Å². The quantitative estimate of drug-likeness (QED) is 0.0834. The second-order valence-electron chi connectivity index (χ2n) is 12.4. The molecule has 0 rings (SSSR count). The van der Waals surface area contributed by atoms with Crippen molar-refractivity contribution in [3.05, 3.63) is 0 Å². The molecule has 0 aromatic carbocycles. The molecule has 36 heavy (non-hydrogen) atoms. The van der Waals surface area contributed by atoms with Crippen molar-refractivity contribution < 1.29 is 29.2 Å². The zero-order valence-electron chi connectivity index (χ0n) is 25.7. The molecule has 0 unspecified atom stereocenters. The summed E-state index contributed by atoms with van der Waals surface area (Å²) in [5, 5.41) is 19.9. The minimum absolute atomic E-state index is 0.0677. The summed E-state index contributed by atoms with van der Waals surface area (Å²) in [4.78, 5) is 0. The molecule has 4 atom stereocenters. The van der Waals surface area contributed by atoms with Crippen LogP contribution in [-0.2, 0) is 18.9 Å². The third-order valence-corrected chi connectivity index (χ3v) is 9.31. The summed E-state index contributed by atoms with van der Waals surface area (Å²) in [6, 6.07) is 2.32. The first kappa shape index (κ1) is 38.3. The predicted molar refractivity (Wildman–Crippen MR) is 159 cm³/mol. The molecule has 220 valence electrons. The van der Waals surface area contributed by atoms with Gasteiger partial charge in [0.25, 0.3) is 0 Å². The molecule has 2 N–H and O–H groups in total. The molecule has 0 spiro atoms. The Morgan fingerprint density at radius 1 is 0.528 bits per heavy atom. The fourth-order valence-corrected chi connectivity index (χ4v) is 4.96. The van der Waals surface area contributed by atoms with Gasteiger partial charge in [-0.1, -0.05) is 92.7 Å². The van der Waals surface area contributed by atoms with Crippen molar-refractivity contribution in [3.63, 3.8) is 0 Å². The van der Waals surface area contributed by atoms with E-state index in [1.165, 1.54) is 0 Å². The Kier molecular flexibility index (Phi) is 24.6. The lowest BCUT2D eigenvalue weighted by Gasteiger charge is -2.23. The van der Waals surface area contributed by atoms with Crippen LogP contribution in [0.25, 0.3) is 0 Å². The highest BCUT2D eigenvalue weighted by molar-refractivity contribution is 6.76. The van der Waals surface area contributed by atoms with Crippen LogP contribution < -0.4 is 0 Å². The van der Waals surface area contributed by atoms with E-state index in [4.69, 9.17) is 18.9 Å². The van der Waals surface area contributed by atoms with E-state index in [1.807, 2.05) is 0 Å². The van der Waals surface area contributed by atoms with Crippen LogP contribution in [0, 0.1) is 0 Å². The van der Waals surface area contributed by atoms with Gasteiger partial charge in [-0.05, 0) is 37.8 Å². The van der Waals surface area contributed by atoms with Crippen molar-refractivity contribution in [2.45, 2.75) is 155 Å². The molecule has 6 nitrogen and oxygen atoms in total. The number of aliphatic hydroxyl groups is 2. The van der Waals surface area contributed by atoms with Crippen molar-refractivity contribution in [2.75, 3.05) is 26.8 Å². The Hall–Kier alpha value is 0.194. The SMILES string of the molecule is CCC[C@@H](O)[C@@H](CCC)OCOCC[Si](C)(C)C.CCC[C@H](O)[C@@H](CCC)OCOCC[Si](C)(C)C. The number of rotatable bonds is 22. The van der Waals surface area contributed by atoms with Gasteiger partial charge in [-0.15, -0.1) is 0 Å². The van der Waals surface area contributed by atoms with Crippen molar-refractivity contribution in [1.29, 1.82) is 0 Å². The van der Waals surface area contributed by atoms with Gasteiger partial charge in [-0.25, -0.2) is 0 Å². The summed E-state index contributed by atoms with van der Waals surface area (Å²) in [5.41, 5.74) is 0. The van der Waals surface area contributed by atoms with Crippen molar-refractivity contribution in [1.82, 2.24) is 0 Å². The Morgan fingerprint density at radius 2 is 0.833 bits per heavy atom. The van der Waals surface area contributed by atoms with Crippen LogP contribution in [0.2, 0.25) is 51.4 Å². The van der Waals surface area contributed by atoms with Gasteiger partial charge in [0.2, 0.25) is 0 Å². The standard InChI is InChI=1S/2C14H32O3Si/c2*1-6-8-13(15)14(9-7-2)17-12-16-10-11-18(3,4)5/h2*13-15H,6-12H2,1-5H3/t13-,14+;13-,14-/m01/s1. The smallest absolute Gasteiger partial charge is 0.147 e. The zero-order valence-corrected chi connectivity index (χ0v) is 27.7. The summed E-state index contributed by atoms with van der Waals surface area (Å²) < 4.78 is 22.3. The normalized spacial score (nSPS) is 15.7. The molecular weight excluding hydrogens is 488 g/mol. The van der Waals surface area contributed by atoms with E-state index in [1.54, 1.807) is 0 Å². The Labute approximate surface area is 226 Å². The van der Waals surface area contributed by atoms with Gasteiger partial charge in [0, 0.05) is 29.4 Å². The maximum atomic E-state index is 9.95. The summed E-state index contributed by atoms with van der Waals surface area (Å²) in [6.45, 7) is 24.6. The molecule has 0 aliphatic heterocycles. The minimum atomic E-state index is -1.01. The van der Waals surface area contributed by atoms with Crippen molar-refractivity contribution in [2.24, 2.45) is 0 Å². The number of ether oxygens (including phenoxy) is 4. The summed E-state index contributed by atoms with van der Waals surface area (Å²) >= 11 is 0. The topological polar surface area (TPSA) is 77.4 Å². The van der Waals surface area contributed by atoms with Crippen LogP contribution in [0.1, 0.15) is 79.1 Å². The third kappa shape index (κ3) is 25.8. The van der Waals surface area contributed by atoms with E-state index < -0.39 is 16.1 Å². The third-order valence-electron chi connectivity index (χ3n) is 5.90. The average Bonchev–Trinajstić information content (AvgIpc) is 2.76. The molecule has 0 radical (unpaired) electrons. The lowest BCUT2D eigenvalue weighted by molar-refractivity contribution is -0.125. The highest BCUT2D eigenvalue weighted by Crippen LogP contribution is 2.14. The molecular formula is C28H64O6Si2. The molecule has 0 amide bonds. The van der Waals surface area contributed by atoms with E-state index in [9.17, 15) is 10.2 Å². The maximum absolute atomic E-state index is 9.95. The van der Waals surface area contributed by atoms with Crippen molar-refractivity contribution >= 4 is 16.1 Å². The number of hydrogen-bond donors (Lipinski definition) is 2. The fourth-order valence-electron chi connectivity index (χ4n) is 3.45. The zero-order chi connectivity index (χ0) is 28.0. The van der Waals surface area contributed by atoms with Gasteiger partial charge in [0.15, 0.2) is 0 Å². The molecule has 8 heteroatoms. The Balaban J connectivity index is 0. The molecule has 0 bridgehead atoms. The second-order valence-corrected chi connectivity index (χ2v) is 23.6. The first-order valence-corrected chi connectivity index (χ1v) is 22.0. The molecule has 0 aliphatic rings. The van der Waals surface area contributed by atoms with E-state index in [2.05, 4.69) is 67.0 Å². The molecule has 0 saturated carbocycles. The maximum Gasteiger partial charge on any atom is 0.147 e. The molecule has 0 aromatic heterocycles. The van der Waals surface area contributed by atoms with Gasteiger partial charge in [-0.3, -0.25) is 0 Å². The van der Waals surface area contributed by atoms with Crippen LogP contribution in [0.3, 0.4) is 0 Å². The molecule has 0 aliphatic carbocycles. The van der Waals surface area contributed by atoms with Gasteiger partial charge >= 0.3 is 0 Å². The first-order valence-electron chi connectivity index (χ1n) is 14.6. The lowest BCUT2D eigenvalue weighted by atomic mass is 10.0. The van der Waals surface area contributed by atoms with Crippen LogP contribution in [-0.4, -0.2) is 77.6 Å². The number of hydrogen-bond acceptors (Lipinski definition) is 6. The highest BCUT2D eigenvalue weighted by atomic mass is 28.3. The summed E-state index contributed by atoms with van der Waals surface area (Å²) in [6.07, 6.45) is 6.61. The van der Waals surface area contributed by atoms with Crippen LogP contribution in [0.4, 0.5) is 0 Å². The largest absolute Gasteiger partial charge is 0.390 e. The van der Waals surface area contributed by atoms with Gasteiger partial charge in [-0.2, -0.15) is 0 Å². The van der Waals surface area contributed by atoms with Crippen LogP contribution in [0.15, 0.2) is 0 Å². The molecule has 0 saturated heterocycles. The highest BCUT2D eigenvalue weighted by Gasteiger charge is 2.19. The van der Waals surface area contributed by atoms with Gasteiger partial charge in [0.1, 0.15) is 13.6 Å². The second kappa shape index (κ2) is 23.1. The van der Waals surface area contributed by atoms with Crippen molar-refractivity contribution in [3.8, 4) is 0 Å². The average molecular weight is 553 g/mol. The van der Waals surface area contributed by atoms with Crippen LogP contribution >= 0.6 is 0 Å². The minimum Gasteiger partial charge on any atom is -0.390 e. The molecule has 0 fully saturated rings. The summed E-state index contributed by atoms with van der Waals surface area (Å²) in [5.74, 6) is 0. The molecule has 0 aromatic rings. The van der Waals surface area contributed by atoms with E-state index in [-0.39, 0.29) is 24.4 Å². The monoisotopic (exact) mass is 552 g/mol. The first-order chi connectivity index (χ1) is 16.8. The Morgan fingerprint density at radius 3 is 1.08 bits per heavy atom. The lowest BCUT2D eigenvalue weighted by Crippen LogP contribution is -2.30. The Bertz CT molecular complexity index is 426. The van der Waals surface area contributed by atoms with E-state index in [0.717, 1.165) is 76.7 Å². The fraction of sp³-hybridized carbons (Fsp3) is 1.00. The molecule has 0 heterocycles. The predicted octanol–water partition coefficient (Wildman–Crippen LogP) is 7.29.